The molecule has 3 N–H and O–H groups in total. The fraction of sp³-hybridized carbons (Fsp3) is 0.235. The van der Waals surface area contributed by atoms with Crippen LogP contribution in [-0.4, -0.2) is 23.7 Å². The Morgan fingerprint density at radius 2 is 1.76 bits per heavy atom. The van der Waals surface area contributed by atoms with Crippen LogP contribution in [0.25, 0.3) is 0 Å². The predicted octanol–water partition coefficient (Wildman–Crippen LogP) is 2.26. The summed E-state index contributed by atoms with van der Waals surface area (Å²) in [4.78, 5) is 10.8. The smallest absolute Gasteiger partial charge is 0.320 e. The molecule has 110 valence electrons. The molecule has 0 aliphatic carbocycles. The van der Waals surface area contributed by atoms with Gasteiger partial charge in [0, 0.05) is 12.8 Å². The standard InChI is InChI=1S/C17H19NO3/c18-15(17(19)20)12-14-8-4-5-9-16(14)21-11-10-13-6-2-1-3-7-13/h1-9,15H,10-12,18H2,(H,19,20). The van der Waals surface area contributed by atoms with E-state index in [1.165, 1.54) is 5.56 Å². The van der Waals surface area contributed by atoms with Crippen LogP contribution in [0.2, 0.25) is 0 Å². The third-order valence-electron chi connectivity index (χ3n) is 3.22. The summed E-state index contributed by atoms with van der Waals surface area (Å²) < 4.78 is 5.77. The van der Waals surface area contributed by atoms with E-state index in [0.29, 0.717) is 12.4 Å². The highest BCUT2D eigenvalue weighted by molar-refractivity contribution is 5.73. The maximum atomic E-state index is 10.8. The van der Waals surface area contributed by atoms with Crippen molar-refractivity contribution in [1.82, 2.24) is 0 Å². The van der Waals surface area contributed by atoms with Gasteiger partial charge in [0.1, 0.15) is 11.8 Å². The van der Waals surface area contributed by atoms with Crippen molar-refractivity contribution >= 4 is 5.97 Å². The number of para-hydroxylation sites is 1. The SMILES string of the molecule is NC(Cc1ccccc1OCCc1ccccc1)C(=O)O. The average molecular weight is 285 g/mol. The first-order valence-electron chi connectivity index (χ1n) is 6.90. The van der Waals surface area contributed by atoms with Gasteiger partial charge >= 0.3 is 5.97 Å². The second-order valence-corrected chi connectivity index (χ2v) is 4.84. The van der Waals surface area contributed by atoms with Crippen molar-refractivity contribution < 1.29 is 14.6 Å². The molecule has 0 saturated carbocycles. The Morgan fingerprint density at radius 1 is 1.10 bits per heavy atom. The lowest BCUT2D eigenvalue weighted by Gasteiger charge is -2.13. The molecule has 1 atom stereocenters. The van der Waals surface area contributed by atoms with E-state index in [2.05, 4.69) is 12.1 Å². The van der Waals surface area contributed by atoms with Crippen molar-refractivity contribution in [3.05, 3.63) is 65.7 Å². The van der Waals surface area contributed by atoms with Crippen LogP contribution in [0.5, 0.6) is 5.75 Å². The van der Waals surface area contributed by atoms with Crippen LogP contribution in [0, 0.1) is 0 Å². The zero-order valence-corrected chi connectivity index (χ0v) is 11.7. The molecule has 21 heavy (non-hydrogen) atoms. The van der Waals surface area contributed by atoms with Gasteiger partial charge in [-0.2, -0.15) is 0 Å². The molecule has 4 heteroatoms. The van der Waals surface area contributed by atoms with Gasteiger partial charge in [-0.3, -0.25) is 4.79 Å². The second-order valence-electron chi connectivity index (χ2n) is 4.84. The zero-order chi connectivity index (χ0) is 15.1. The highest BCUT2D eigenvalue weighted by Gasteiger charge is 2.14. The van der Waals surface area contributed by atoms with E-state index in [9.17, 15) is 4.79 Å². The molecule has 0 spiro atoms. The third-order valence-corrected chi connectivity index (χ3v) is 3.22. The van der Waals surface area contributed by atoms with E-state index in [0.717, 1.165) is 12.0 Å². The molecule has 0 amide bonds. The van der Waals surface area contributed by atoms with Crippen LogP contribution in [-0.2, 0) is 17.6 Å². The summed E-state index contributed by atoms with van der Waals surface area (Å²) in [6.07, 6.45) is 1.07. The Kier molecular flexibility index (Phi) is 5.35. The molecule has 0 aliphatic rings. The quantitative estimate of drug-likeness (QED) is 0.818. The number of nitrogens with two attached hydrogens (primary N) is 1. The summed E-state index contributed by atoms with van der Waals surface area (Å²) in [5.41, 5.74) is 7.61. The molecule has 1 unspecified atom stereocenters. The van der Waals surface area contributed by atoms with E-state index in [1.54, 1.807) is 0 Å². The molecule has 0 aliphatic heterocycles. The molecule has 0 saturated heterocycles. The lowest BCUT2D eigenvalue weighted by Crippen LogP contribution is -2.32. The maximum absolute atomic E-state index is 10.8. The molecule has 0 bridgehead atoms. The minimum Gasteiger partial charge on any atom is -0.493 e. The van der Waals surface area contributed by atoms with Crippen LogP contribution in [0.1, 0.15) is 11.1 Å². The van der Waals surface area contributed by atoms with Gasteiger partial charge in [-0.25, -0.2) is 0 Å². The first-order chi connectivity index (χ1) is 10.2. The highest BCUT2D eigenvalue weighted by Crippen LogP contribution is 2.19. The Labute approximate surface area is 124 Å². The molecule has 0 heterocycles. The molecule has 0 aromatic heterocycles. The minimum atomic E-state index is -1.01. The van der Waals surface area contributed by atoms with Crippen molar-refractivity contribution in [3.8, 4) is 5.75 Å². The summed E-state index contributed by atoms with van der Waals surface area (Å²) in [6, 6.07) is 16.6. The van der Waals surface area contributed by atoms with E-state index in [4.69, 9.17) is 15.6 Å². The topological polar surface area (TPSA) is 72.5 Å². The van der Waals surface area contributed by atoms with Crippen LogP contribution < -0.4 is 10.5 Å². The lowest BCUT2D eigenvalue weighted by molar-refractivity contribution is -0.138. The molecular weight excluding hydrogens is 266 g/mol. The predicted molar refractivity (Wildman–Crippen MR) is 81.4 cm³/mol. The van der Waals surface area contributed by atoms with Crippen molar-refractivity contribution in [2.75, 3.05) is 6.61 Å². The average Bonchev–Trinajstić information content (AvgIpc) is 2.50. The van der Waals surface area contributed by atoms with Crippen LogP contribution in [0.15, 0.2) is 54.6 Å². The summed E-state index contributed by atoms with van der Waals surface area (Å²) in [5, 5.41) is 8.89. The first-order valence-corrected chi connectivity index (χ1v) is 6.90. The number of ether oxygens (including phenoxy) is 1. The van der Waals surface area contributed by atoms with Gasteiger partial charge in [0.25, 0.3) is 0 Å². The number of aliphatic carboxylic acids is 1. The molecule has 4 nitrogen and oxygen atoms in total. The van der Waals surface area contributed by atoms with Crippen molar-refractivity contribution in [2.45, 2.75) is 18.9 Å². The lowest BCUT2D eigenvalue weighted by atomic mass is 10.1. The minimum absolute atomic E-state index is 0.261. The van der Waals surface area contributed by atoms with Crippen LogP contribution in [0.3, 0.4) is 0 Å². The van der Waals surface area contributed by atoms with E-state index in [-0.39, 0.29) is 6.42 Å². The summed E-state index contributed by atoms with van der Waals surface area (Å²) in [7, 11) is 0. The first kappa shape index (κ1) is 15.1. The van der Waals surface area contributed by atoms with Gasteiger partial charge in [-0.1, -0.05) is 48.5 Å². The molecule has 0 radical (unpaired) electrons. The van der Waals surface area contributed by atoms with Crippen molar-refractivity contribution in [3.63, 3.8) is 0 Å². The third kappa shape index (κ3) is 4.61. The van der Waals surface area contributed by atoms with Crippen molar-refractivity contribution in [2.24, 2.45) is 5.73 Å². The van der Waals surface area contributed by atoms with E-state index < -0.39 is 12.0 Å². The summed E-state index contributed by atoms with van der Waals surface area (Å²) in [5.74, 6) is -0.306. The number of carbonyl (C=O) groups is 1. The Balaban J connectivity index is 1.95. The van der Waals surface area contributed by atoms with E-state index in [1.807, 2.05) is 42.5 Å². The highest BCUT2D eigenvalue weighted by atomic mass is 16.5. The molecule has 2 aromatic rings. The normalized spacial score (nSPS) is 11.9. The van der Waals surface area contributed by atoms with Crippen LogP contribution in [0.4, 0.5) is 0 Å². The molecular formula is C17H19NO3. The maximum Gasteiger partial charge on any atom is 0.320 e. The number of hydrogen-bond acceptors (Lipinski definition) is 3. The number of hydrogen-bond donors (Lipinski definition) is 2. The van der Waals surface area contributed by atoms with Gasteiger partial charge in [-0.15, -0.1) is 0 Å². The summed E-state index contributed by atoms with van der Waals surface area (Å²) in [6.45, 7) is 0.545. The van der Waals surface area contributed by atoms with Gasteiger partial charge in [-0.05, 0) is 17.2 Å². The molecule has 2 rings (SSSR count). The number of carboxylic acid groups (broad SMARTS) is 1. The van der Waals surface area contributed by atoms with Crippen LogP contribution >= 0.6 is 0 Å². The fourth-order valence-corrected chi connectivity index (χ4v) is 2.06. The Hall–Kier alpha value is -2.33. The van der Waals surface area contributed by atoms with Gasteiger partial charge < -0.3 is 15.6 Å². The largest absolute Gasteiger partial charge is 0.493 e. The number of rotatable bonds is 7. The van der Waals surface area contributed by atoms with Gasteiger partial charge in [0.05, 0.1) is 6.61 Å². The monoisotopic (exact) mass is 285 g/mol. The summed E-state index contributed by atoms with van der Waals surface area (Å²) >= 11 is 0. The Bertz CT molecular complexity index is 584. The van der Waals surface area contributed by atoms with E-state index >= 15 is 0 Å². The molecule has 2 aromatic carbocycles. The van der Waals surface area contributed by atoms with Gasteiger partial charge in [0.2, 0.25) is 0 Å². The number of carboxylic acids is 1. The Morgan fingerprint density at radius 3 is 2.48 bits per heavy atom. The second kappa shape index (κ2) is 7.45. The van der Waals surface area contributed by atoms with Crippen molar-refractivity contribution in [1.29, 1.82) is 0 Å². The molecule has 0 fully saturated rings. The zero-order valence-electron chi connectivity index (χ0n) is 11.7. The van der Waals surface area contributed by atoms with Gasteiger partial charge in [0.15, 0.2) is 0 Å². The fourth-order valence-electron chi connectivity index (χ4n) is 2.06. The number of benzene rings is 2.